The van der Waals surface area contributed by atoms with Crippen molar-refractivity contribution >= 4 is 31.8 Å². The number of nitrogens with one attached hydrogen (secondary N) is 1. The maximum atomic E-state index is 12.3. The predicted molar refractivity (Wildman–Crippen MR) is 78.4 cm³/mol. The molecule has 2 aromatic rings. The van der Waals surface area contributed by atoms with Crippen LogP contribution in [0.15, 0.2) is 40.1 Å². The van der Waals surface area contributed by atoms with Gasteiger partial charge in [0.15, 0.2) is 0 Å². The third-order valence-corrected chi connectivity index (χ3v) is 4.57. The molecule has 0 saturated heterocycles. The zero-order valence-corrected chi connectivity index (χ0v) is 13.1. The number of hydrogen-bond donors (Lipinski definition) is 2. The van der Waals surface area contributed by atoms with Crippen LogP contribution in [0, 0.1) is 0 Å². The first-order valence-corrected chi connectivity index (χ1v) is 8.07. The van der Waals surface area contributed by atoms with E-state index < -0.39 is 10.0 Å². The lowest BCUT2D eigenvalue weighted by atomic mass is 10.4. The van der Waals surface area contributed by atoms with Gasteiger partial charge in [0.2, 0.25) is 10.0 Å². The summed E-state index contributed by atoms with van der Waals surface area (Å²) in [5, 5.41) is 4.03. The van der Waals surface area contributed by atoms with Crippen LogP contribution in [0.1, 0.15) is 6.92 Å². The van der Waals surface area contributed by atoms with E-state index in [0.717, 1.165) is 0 Å². The maximum Gasteiger partial charge on any atom is 0.244 e. The Hall–Kier alpha value is -1.45. The van der Waals surface area contributed by atoms with E-state index in [-0.39, 0.29) is 16.8 Å². The SMILES string of the molecule is CC(Cn1cccn1)NS(=O)(=O)c1cc(Br)cnc1N. The van der Waals surface area contributed by atoms with E-state index in [1.807, 2.05) is 0 Å². The molecule has 9 heteroatoms. The van der Waals surface area contributed by atoms with Crippen LogP contribution >= 0.6 is 15.9 Å². The zero-order valence-electron chi connectivity index (χ0n) is 10.7. The van der Waals surface area contributed by atoms with Crippen LogP contribution in [-0.4, -0.2) is 29.2 Å². The molecule has 20 heavy (non-hydrogen) atoms. The Morgan fingerprint density at radius 3 is 2.95 bits per heavy atom. The molecular formula is C11H14BrN5O2S. The average molecular weight is 360 g/mol. The predicted octanol–water partition coefficient (Wildman–Crippen LogP) is 0.990. The Balaban J connectivity index is 2.16. The minimum absolute atomic E-state index is 0.0352. The molecule has 0 fully saturated rings. The number of hydrogen-bond acceptors (Lipinski definition) is 5. The van der Waals surface area contributed by atoms with Crippen molar-refractivity contribution in [2.45, 2.75) is 24.4 Å². The molecule has 0 aliphatic heterocycles. The summed E-state index contributed by atoms with van der Waals surface area (Å²) in [7, 11) is -3.72. The monoisotopic (exact) mass is 359 g/mol. The van der Waals surface area contributed by atoms with Crippen molar-refractivity contribution in [2.75, 3.05) is 5.73 Å². The topological polar surface area (TPSA) is 103 Å². The van der Waals surface area contributed by atoms with Gasteiger partial charge in [-0.05, 0) is 35.0 Å². The van der Waals surface area contributed by atoms with Crippen molar-refractivity contribution < 1.29 is 8.42 Å². The summed E-state index contributed by atoms with van der Waals surface area (Å²) in [6, 6.07) is 2.86. The third kappa shape index (κ3) is 3.56. The highest BCUT2D eigenvalue weighted by Crippen LogP contribution is 2.20. The van der Waals surface area contributed by atoms with Crippen LogP contribution in [0.3, 0.4) is 0 Å². The Labute approximate surface area is 125 Å². The lowest BCUT2D eigenvalue weighted by Crippen LogP contribution is -2.36. The van der Waals surface area contributed by atoms with E-state index in [1.165, 1.54) is 12.3 Å². The zero-order chi connectivity index (χ0) is 14.8. The first-order valence-electron chi connectivity index (χ1n) is 5.79. The number of pyridine rings is 1. The highest BCUT2D eigenvalue weighted by Gasteiger charge is 2.21. The third-order valence-electron chi connectivity index (χ3n) is 2.51. The number of aromatic nitrogens is 3. The summed E-state index contributed by atoms with van der Waals surface area (Å²) in [6.45, 7) is 2.18. The van der Waals surface area contributed by atoms with Crippen LogP contribution in [0.2, 0.25) is 0 Å². The Kier molecular flexibility index (Phi) is 4.41. The Morgan fingerprint density at radius 1 is 1.55 bits per heavy atom. The number of sulfonamides is 1. The van der Waals surface area contributed by atoms with Crippen LogP contribution in [0.5, 0.6) is 0 Å². The van der Waals surface area contributed by atoms with E-state index in [1.54, 1.807) is 30.1 Å². The minimum atomic E-state index is -3.72. The molecule has 0 aromatic carbocycles. The highest BCUT2D eigenvalue weighted by atomic mass is 79.9. The van der Waals surface area contributed by atoms with Gasteiger partial charge in [0.1, 0.15) is 10.7 Å². The molecule has 1 atom stereocenters. The largest absolute Gasteiger partial charge is 0.383 e. The molecule has 7 nitrogen and oxygen atoms in total. The quantitative estimate of drug-likeness (QED) is 0.828. The summed E-state index contributed by atoms with van der Waals surface area (Å²) in [6.07, 6.45) is 4.85. The van der Waals surface area contributed by atoms with E-state index in [0.29, 0.717) is 11.0 Å². The lowest BCUT2D eigenvalue weighted by molar-refractivity contribution is 0.494. The maximum absolute atomic E-state index is 12.3. The first-order chi connectivity index (χ1) is 9.38. The van der Waals surface area contributed by atoms with Gasteiger partial charge < -0.3 is 5.73 Å². The van der Waals surface area contributed by atoms with Gasteiger partial charge in [-0.2, -0.15) is 5.10 Å². The normalized spacial score (nSPS) is 13.3. The van der Waals surface area contributed by atoms with Crippen molar-refractivity contribution in [3.05, 3.63) is 35.2 Å². The second-order valence-corrected chi connectivity index (χ2v) is 6.89. The highest BCUT2D eigenvalue weighted by molar-refractivity contribution is 9.10. The minimum Gasteiger partial charge on any atom is -0.383 e. The molecule has 0 radical (unpaired) electrons. The van der Waals surface area contributed by atoms with Gasteiger partial charge in [-0.1, -0.05) is 0 Å². The molecular weight excluding hydrogens is 346 g/mol. The van der Waals surface area contributed by atoms with Gasteiger partial charge in [0.05, 0.1) is 6.54 Å². The number of halogens is 1. The fourth-order valence-electron chi connectivity index (χ4n) is 1.70. The molecule has 0 bridgehead atoms. The van der Waals surface area contributed by atoms with Crippen molar-refractivity contribution in [3.63, 3.8) is 0 Å². The fourth-order valence-corrected chi connectivity index (χ4v) is 3.53. The van der Waals surface area contributed by atoms with Gasteiger partial charge in [0, 0.05) is 29.1 Å². The van der Waals surface area contributed by atoms with E-state index in [9.17, 15) is 8.42 Å². The molecule has 0 saturated carbocycles. The lowest BCUT2D eigenvalue weighted by Gasteiger charge is -2.15. The summed E-state index contributed by atoms with van der Waals surface area (Å²) in [5.41, 5.74) is 5.62. The molecule has 0 aliphatic carbocycles. The van der Waals surface area contributed by atoms with Gasteiger partial charge in [-0.25, -0.2) is 18.1 Å². The molecule has 0 amide bonds. The second kappa shape index (κ2) is 5.90. The van der Waals surface area contributed by atoms with Crippen molar-refractivity contribution in [3.8, 4) is 0 Å². The van der Waals surface area contributed by atoms with Crippen molar-refractivity contribution in [1.29, 1.82) is 0 Å². The first kappa shape index (κ1) is 14.9. The number of nitrogens with two attached hydrogens (primary N) is 1. The second-order valence-electron chi connectivity index (χ2n) is 4.29. The Bertz CT molecular complexity index is 687. The number of nitrogens with zero attached hydrogens (tertiary/aromatic N) is 3. The molecule has 2 aromatic heterocycles. The Morgan fingerprint density at radius 2 is 2.30 bits per heavy atom. The molecule has 3 N–H and O–H groups in total. The summed E-state index contributed by atoms with van der Waals surface area (Å²) >= 11 is 3.18. The van der Waals surface area contributed by atoms with Crippen LogP contribution in [0.4, 0.5) is 5.82 Å². The van der Waals surface area contributed by atoms with E-state index in [2.05, 4.69) is 30.7 Å². The summed E-state index contributed by atoms with van der Waals surface area (Å²) in [5.74, 6) is -0.0352. The molecule has 2 rings (SSSR count). The standard InChI is InChI=1S/C11H14BrN5O2S/c1-8(7-17-4-2-3-15-17)16-20(18,19)10-5-9(12)6-14-11(10)13/h2-6,8,16H,7H2,1H3,(H2,13,14). The number of rotatable bonds is 5. The summed E-state index contributed by atoms with van der Waals surface area (Å²) < 4.78 is 29.3. The van der Waals surface area contributed by atoms with Crippen molar-refractivity contribution in [1.82, 2.24) is 19.5 Å². The van der Waals surface area contributed by atoms with Gasteiger partial charge in [-0.15, -0.1) is 0 Å². The number of nitrogen functional groups attached to an aromatic ring is 1. The fraction of sp³-hybridized carbons (Fsp3) is 0.273. The van der Waals surface area contributed by atoms with Gasteiger partial charge in [-0.3, -0.25) is 4.68 Å². The van der Waals surface area contributed by atoms with E-state index in [4.69, 9.17) is 5.73 Å². The average Bonchev–Trinajstić information content (AvgIpc) is 2.84. The van der Waals surface area contributed by atoms with Crippen LogP contribution in [-0.2, 0) is 16.6 Å². The summed E-state index contributed by atoms with van der Waals surface area (Å²) in [4.78, 5) is 3.78. The number of anilines is 1. The van der Waals surface area contributed by atoms with Crippen LogP contribution < -0.4 is 10.5 Å². The van der Waals surface area contributed by atoms with Crippen LogP contribution in [0.25, 0.3) is 0 Å². The molecule has 2 heterocycles. The molecule has 0 spiro atoms. The van der Waals surface area contributed by atoms with Gasteiger partial charge in [0.25, 0.3) is 0 Å². The smallest absolute Gasteiger partial charge is 0.244 e. The molecule has 0 aliphatic rings. The molecule has 108 valence electrons. The van der Waals surface area contributed by atoms with E-state index >= 15 is 0 Å². The molecule has 1 unspecified atom stereocenters. The van der Waals surface area contributed by atoms with Crippen molar-refractivity contribution in [2.24, 2.45) is 0 Å². The van der Waals surface area contributed by atoms with Gasteiger partial charge >= 0.3 is 0 Å².